The number of unbranched alkanes of at least 4 members (excludes halogenated alkanes) is 32. The van der Waals surface area contributed by atoms with Crippen molar-refractivity contribution in [2.45, 2.75) is 449 Å². The van der Waals surface area contributed by atoms with Crippen molar-refractivity contribution in [3.63, 3.8) is 0 Å². The number of ether oxygens (including phenoxy) is 6. The summed E-state index contributed by atoms with van der Waals surface area (Å²) in [6.45, 7) is 46.0. The SMILES string of the molecule is CCCCCCCCC(CCCCCC)COC(=O)CCCCCCCCC(CCCCCC)OC(=O)OCCN(CCC)CCN(CC)CC.CCCCCCCCC(CCCCCC)COC(=O)CCCCCCCCC(CCCCCC)OC(=O)Oc1ccc(C)cc1.CCCN(CCC)CCN(CC)CC. The number of esters is 2. The highest BCUT2D eigenvalue weighted by molar-refractivity contribution is 5.69. The van der Waals surface area contributed by atoms with E-state index >= 15 is 0 Å². The van der Waals surface area contributed by atoms with E-state index in [9.17, 15) is 19.2 Å². The average Bonchev–Trinajstić information content (AvgIpc) is 0.928. The summed E-state index contributed by atoms with van der Waals surface area (Å²) in [5, 5.41) is 0. The van der Waals surface area contributed by atoms with Crippen molar-refractivity contribution in [1.29, 1.82) is 0 Å². The van der Waals surface area contributed by atoms with Crippen LogP contribution in [0.15, 0.2) is 24.3 Å². The second kappa shape index (κ2) is 84.9. The molecular formula is C96H186N4O10. The van der Waals surface area contributed by atoms with Gasteiger partial charge in [0.1, 0.15) is 24.6 Å². The Kier molecular flexibility index (Phi) is 83.8. The van der Waals surface area contributed by atoms with Crippen LogP contribution in [0.5, 0.6) is 5.75 Å². The van der Waals surface area contributed by atoms with Gasteiger partial charge in [0, 0.05) is 45.6 Å². The normalized spacial score (nSPS) is 12.5. The Morgan fingerprint density at radius 3 is 0.873 bits per heavy atom. The fraction of sp³-hybridized carbons (Fsp3) is 0.896. The van der Waals surface area contributed by atoms with Crippen LogP contribution < -0.4 is 4.74 Å². The van der Waals surface area contributed by atoms with Gasteiger partial charge in [-0.1, -0.05) is 326 Å². The number of hydrogen-bond donors (Lipinski definition) is 0. The van der Waals surface area contributed by atoms with Gasteiger partial charge in [-0.3, -0.25) is 14.5 Å². The Morgan fingerprint density at radius 2 is 0.555 bits per heavy atom. The number of carbonyl (C=O) groups is 4. The van der Waals surface area contributed by atoms with E-state index in [1.54, 1.807) is 12.1 Å². The number of benzene rings is 1. The van der Waals surface area contributed by atoms with Gasteiger partial charge >= 0.3 is 24.2 Å². The van der Waals surface area contributed by atoms with Crippen molar-refractivity contribution in [3.8, 4) is 5.75 Å². The first-order valence-electron chi connectivity index (χ1n) is 47.7. The predicted octanol–water partition coefficient (Wildman–Crippen LogP) is 27.8. The summed E-state index contributed by atoms with van der Waals surface area (Å²) in [4.78, 5) is 59.9. The highest BCUT2D eigenvalue weighted by Crippen LogP contribution is 2.25. The molecule has 0 bridgehead atoms. The molecule has 0 aromatic heterocycles. The van der Waals surface area contributed by atoms with E-state index in [4.69, 9.17) is 28.4 Å². The van der Waals surface area contributed by atoms with E-state index in [1.807, 2.05) is 19.1 Å². The van der Waals surface area contributed by atoms with Gasteiger partial charge in [-0.05, 0) is 186 Å². The largest absolute Gasteiger partial charge is 0.514 e. The Hall–Kier alpha value is -3.46. The van der Waals surface area contributed by atoms with Gasteiger partial charge in [0.25, 0.3) is 0 Å². The number of hydrogen-bond acceptors (Lipinski definition) is 14. The molecule has 0 saturated carbocycles. The third-order valence-electron chi connectivity index (χ3n) is 22.1. The molecular weight excluding hydrogens is 1370 g/mol. The zero-order valence-corrected chi connectivity index (χ0v) is 75.6. The molecule has 14 nitrogen and oxygen atoms in total. The second-order valence-electron chi connectivity index (χ2n) is 32.4. The number of rotatable bonds is 78. The van der Waals surface area contributed by atoms with Gasteiger partial charge in [0.05, 0.1) is 13.2 Å². The first-order valence-corrected chi connectivity index (χ1v) is 47.7. The average molecular weight is 1560 g/mol. The van der Waals surface area contributed by atoms with Gasteiger partial charge < -0.3 is 43.1 Å². The molecule has 0 N–H and O–H groups in total. The van der Waals surface area contributed by atoms with Gasteiger partial charge in [-0.2, -0.15) is 0 Å². The molecule has 0 spiro atoms. The Labute approximate surface area is 683 Å². The van der Waals surface area contributed by atoms with E-state index in [2.05, 4.69) is 110 Å². The molecule has 1 aromatic rings. The lowest BCUT2D eigenvalue weighted by molar-refractivity contribution is -0.146. The lowest BCUT2D eigenvalue weighted by Crippen LogP contribution is -2.37. The lowest BCUT2D eigenvalue weighted by atomic mass is 9.95. The van der Waals surface area contributed by atoms with Crippen molar-refractivity contribution in [3.05, 3.63) is 29.8 Å². The summed E-state index contributed by atoms with van der Waals surface area (Å²) >= 11 is 0. The molecule has 0 saturated heterocycles. The summed E-state index contributed by atoms with van der Waals surface area (Å²) < 4.78 is 34.1. The van der Waals surface area contributed by atoms with Gasteiger partial charge in [-0.25, -0.2) is 9.59 Å². The maximum absolute atomic E-state index is 12.6. The Bertz CT molecular complexity index is 2070. The summed E-state index contributed by atoms with van der Waals surface area (Å²) in [6.07, 6.45) is 60.1. The molecule has 14 heteroatoms. The van der Waals surface area contributed by atoms with Crippen LogP contribution in [0, 0.1) is 18.8 Å². The molecule has 0 aliphatic carbocycles. The molecule has 0 amide bonds. The van der Waals surface area contributed by atoms with Gasteiger partial charge in [0.15, 0.2) is 0 Å². The van der Waals surface area contributed by atoms with E-state index in [0.29, 0.717) is 50.2 Å². The standard InChI is InChI=1S/C44H88N2O5.C40H70O5.C12H28N2/c1-7-13-16-19-22-26-31-41(30-25-17-14-8-2)40-50-43(47)34-29-24-21-20-23-28-33-42(32-27-18-15-9-3)51-44(48)49-39-38-46(35-10-4)37-36-45(11-5)12-6;1-5-8-11-14-17-21-26-36(25-20-12-9-6-2)34-43-39(41)29-24-19-16-15-18-23-28-37(27-22-13-10-7-3)44-40(42)45-38-32-30-35(4)31-33-38;1-5-9-14(10-6-2)12-11-13(7-3)8-4/h41-42H,7-40H2,1-6H3;30-33,36-37H,5-29,34H2,1-4H3;5-12H2,1-4H3. The molecule has 650 valence electrons. The van der Waals surface area contributed by atoms with E-state index in [-0.39, 0.29) is 24.1 Å². The summed E-state index contributed by atoms with van der Waals surface area (Å²) in [5.74, 6) is 1.55. The molecule has 4 atom stereocenters. The van der Waals surface area contributed by atoms with Crippen LogP contribution in [0.2, 0.25) is 0 Å². The number of aryl methyl sites for hydroxylation is 1. The van der Waals surface area contributed by atoms with E-state index < -0.39 is 12.3 Å². The maximum atomic E-state index is 12.6. The van der Waals surface area contributed by atoms with Gasteiger partial charge in [0.2, 0.25) is 0 Å². The summed E-state index contributed by atoms with van der Waals surface area (Å²) in [6, 6.07) is 7.46. The van der Waals surface area contributed by atoms with E-state index in [1.165, 1.54) is 245 Å². The second-order valence-corrected chi connectivity index (χ2v) is 32.4. The predicted molar refractivity (Wildman–Crippen MR) is 471 cm³/mol. The fourth-order valence-corrected chi connectivity index (χ4v) is 14.7. The zero-order chi connectivity index (χ0) is 81.2. The van der Waals surface area contributed by atoms with Crippen LogP contribution in [-0.2, 0) is 33.3 Å². The van der Waals surface area contributed by atoms with Crippen molar-refractivity contribution in [1.82, 2.24) is 19.6 Å². The maximum Gasteiger partial charge on any atom is 0.514 e. The molecule has 0 aliphatic heterocycles. The molecule has 0 aliphatic rings. The molecule has 0 heterocycles. The van der Waals surface area contributed by atoms with Crippen LogP contribution in [0.4, 0.5) is 9.59 Å². The third-order valence-corrected chi connectivity index (χ3v) is 22.1. The minimum absolute atomic E-state index is 0.0100. The highest BCUT2D eigenvalue weighted by Gasteiger charge is 2.20. The Balaban J connectivity index is 0. The molecule has 0 fully saturated rings. The minimum atomic E-state index is -0.601. The molecule has 0 radical (unpaired) electrons. The molecule has 110 heavy (non-hydrogen) atoms. The van der Waals surface area contributed by atoms with Crippen LogP contribution >= 0.6 is 0 Å². The van der Waals surface area contributed by atoms with Crippen molar-refractivity contribution in [2.75, 3.05) is 98.4 Å². The first kappa shape index (κ1) is 109. The number of carbonyl (C=O) groups excluding carboxylic acids is 4. The number of likely N-dealkylation sites (N-methyl/N-ethyl adjacent to an activating group) is 2. The van der Waals surface area contributed by atoms with E-state index in [0.717, 1.165) is 167 Å². The quantitative estimate of drug-likeness (QED) is 0.0265. The minimum Gasteiger partial charge on any atom is -0.465 e. The smallest absolute Gasteiger partial charge is 0.465 e. The summed E-state index contributed by atoms with van der Waals surface area (Å²) in [7, 11) is 0. The topological polar surface area (TPSA) is 137 Å². The van der Waals surface area contributed by atoms with Crippen molar-refractivity contribution >= 4 is 24.2 Å². The lowest BCUT2D eigenvalue weighted by Gasteiger charge is -2.26. The van der Waals surface area contributed by atoms with Crippen LogP contribution in [-0.4, -0.2) is 154 Å². The first-order chi connectivity index (χ1) is 53.7. The monoisotopic (exact) mass is 1560 g/mol. The highest BCUT2D eigenvalue weighted by atomic mass is 16.7. The van der Waals surface area contributed by atoms with Crippen molar-refractivity contribution in [2.24, 2.45) is 11.8 Å². The van der Waals surface area contributed by atoms with Crippen LogP contribution in [0.1, 0.15) is 436 Å². The number of nitrogens with zero attached hydrogens (tertiary/aromatic N) is 4. The Morgan fingerprint density at radius 1 is 0.282 bits per heavy atom. The molecule has 1 rings (SSSR count). The van der Waals surface area contributed by atoms with Crippen LogP contribution in [0.3, 0.4) is 0 Å². The summed E-state index contributed by atoms with van der Waals surface area (Å²) in [5.41, 5.74) is 1.13. The molecule has 1 aromatic carbocycles. The fourth-order valence-electron chi connectivity index (χ4n) is 14.7. The zero-order valence-electron chi connectivity index (χ0n) is 75.6. The van der Waals surface area contributed by atoms with Gasteiger partial charge in [-0.15, -0.1) is 0 Å². The third kappa shape index (κ3) is 73.4. The van der Waals surface area contributed by atoms with Crippen molar-refractivity contribution < 1.29 is 47.6 Å². The molecule has 4 unspecified atom stereocenters. The van der Waals surface area contributed by atoms with Crippen LogP contribution in [0.25, 0.3) is 0 Å².